The Morgan fingerprint density at radius 1 is 1.26 bits per heavy atom. The quantitative estimate of drug-likeness (QED) is 0.876. The molecule has 0 saturated heterocycles. The molecule has 1 heterocycles. The van der Waals surface area contributed by atoms with Gasteiger partial charge >= 0.3 is 0 Å². The van der Waals surface area contributed by atoms with Crippen molar-refractivity contribution in [1.82, 2.24) is 9.97 Å². The van der Waals surface area contributed by atoms with Crippen LogP contribution in [-0.4, -0.2) is 44.1 Å². The number of carbonyl (C=O) groups excluding carboxylic acids is 1. The minimum atomic E-state index is -0.0145. The van der Waals surface area contributed by atoms with Crippen LogP contribution in [0.2, 0.25) is 0 Å². The predicted molar refractivity (Wildman–Crippen MR) is 78.8 cm³/mol. The Bertz CT molecular complexity index is 443. The summed E-state index contributed by atoms with van der Waals surface area (Å²) in [7, 11) is 7.54. The Morgan fingerprint density at radius 2 is 1.89 bits per heavy atom. The van der Waals surface area contributed by atoms with Crippen molar-refractivity contribution in [2.45, 2.75) is 20.3 Å². The first-order chi connectivity index (χ1) is 8.81. The van der Waals surface area contributed by atoms with Crippen molar-refractivity contribution in [2.75, 3.05) is 43.3 Å². The summed E-state index contributed by atoms with van der Waals surface area (Å²) in [5, 5.41) is 2.87. The maximum atomic E-state index is 11.8. The van der Waals surface area contributed by atoms with Gasteiger partial charge in [-0.15, -0.1) is 0 Å². The van der Waals surface area contributed by atoms with E-state index in [0.717, 1.165) is 0 Å². The van der Waals surface area contributed by atoms with E-state index in [-0.39, 0.29) is 5.91 Å². The maximum Gasteiger partial charge on any atom is 0.226 e. The van der Waals surface area contributed by atoms with Crippen molar-refractivity contribution < 1.29 is 4.79 Å². The van der Waals surface area contributed by atoms with Crippen LogP contribution >= 0.6 is 0 Å². The average Bonchev–Trinajstić information content (AvgIpc) is 2.27. The van der Waals surface area contributed by atoms with Crippen LogP contribution in [0.4, 0.5) is 17.5 Å². The fourth-order valence-electron chi connectivity index (χ4n) is 1.58. The Hall–Kier alpha value is -1.85. The molecular formula is C13H23N5O. The standard InChI is InChI=1S/C13H23N5O/c1-9(2)7-11(19)15-10-8-14-13(18(5)6)16-12(10)17(3)4/h8-9H,7H2,1-6H3,(H,15,19). The molecule has 0 fully saturated rings. The number of nitrogens with one attached hydrogen (secondary N) is 1. The van der Waals surface area contributed by atoms with Crippen molar-refractivity contribution in [3.8, 4) is 0 Å². The SMILES string of the molecule is CC(C)CC(=O)Nc1cnc(N(C)C)nc1N(C)C. The summed E-state index contributed by atoms with van der Waals surface area (Å²) in [6.07, 6.45) is 2.14. The summed E-state index contributed by atoms with van der Waals surface area (Å²) in [5.41, 5.74) is 0.640. The number of carbonyl (C=O) groups is 1. The van der Waals surface area contributed by atoms with Crippen LogP contribution in [0.15, 0.2) is 6.20 Å². The normalized spacial score (nSPS) is 10.5. The van der Waals surface area contributed by atoms with Gasteiger partial charge in [-0.05, 0) is 5.92 Å². The molecule has 0 aliphatic heterocycles. The molecule has 0 atom stereocenters. The van der Waals surface area contributed by atoms with Gasteiger partial charge in [0.1, 0.15) is 5.69 Å². The van der Waals surface area contributed by atoms with Crippen LogP contribution in [0.1, 0.15) is 20.3 Å². The molecular weight excluding hydrogens is 242 g/mol. The molecule has 1 amide bonds. The molecule has 0 aliphatic carbocycles. The zero-order chi connectivity index (χ0) is 14.6. The Balaban J connectivity index is 2.97. The molecule has 19 heavy (non-hydrogen) atoms. The Morgan fingerprint density at radius 3 is 2.37 bits per heavy atom. The van der Waals surface area contributed by atoms with Crippen molar-refractivity contribution >= 4 is 23.4 Å². The van der Waals surface area contributed by atoms with Crippen molar-refractivity contribution in [2.24, 2.45) is 5.92 Å². The molecule has 0 saturated carbocycles. The molecule has 0 aliphatic rings. The Labute approximate surface area is 114 Å². The fourth-order valence-corrected chi connectivity index (χ4v) is 1.58. The highest BCUT2D eigenvalue weighted by atomic mass is 16.1. The minimum absolute atomic E-state index is 0.0145. The number of hydrogen-bond donors (Lipinski definition) is 1. The highest BCUT2D eigenvalue weighted by molar-refractivity contribution is 5.93. The Kier molecular flexibility index (Phi) is 5.09. The predicted octanol–water partition coefficient (Wildman–Crippen LogP) is 1.59. The van der Waals surface area contributed by atoms with Gasteiger partial charge in [-0.25, -0.2) is 4.98 Å². The van der Waals surface area contributed by atoms with Gasteiger partial charge in [0.05, 0.1) is 6.20 Å². The summed E-state index contributed by atoms with van der Waals surface area (Å²) < 4.78 is 0. The molecule has 1 aromatic heterocycles. The van der Waals surface area contributed by atoms with Gasteiger partial charge in [0, 0.05) is 34.6 Å². The van der Waals surface area contributed by atoms with E-state index in [1.54, 1.807) is 6.20 Å². The maximum absolute atomic E-state index is 11.8. The van der Waals surface area contributed by atoms with Crippen molar-refractivity contribution in [3.63, 3.8) is 0 Å². The number of aromatic nitrogens is 2. The third kappa shape index (κ3) is 4.39. The molecule has 106 valence electrons. The monoisotopic (exact) mass is 265 g/mol. The average molecular weight is 265 g/mol. The summed E-state index contributed by atoms with van der Waals surface area (Å²) in [4.78, 5) is 24.2. The lowest BCUT2D eigenvalue weighted by Gasteiger charge is -2.19. The molecule has 0 unspecified atom stereocenters. The van der Waals surface area contributed by atoms with Crippen molar-refractivity contribution in [1.29, 1.82) is 0 Å². The summed E-state index contributed by atoms with van der Waals surface area (Å²) in [6, 6.07) is 0. The lowest BCUT2D eigenvalue weighted by atomic mass is 10.1. The number of amides is 1. The number of anilines is 3. The first kappa shape index (κ1) is 15.2. The molecule has 0 radical (unpaired) electrons. The zero-order valence-electron chi connectivity index (χ0n) is 12.6. The zero-order valence-corrected chi connectivity index (χ0v) is 12.6. The minimum Gasteiger partial charge on any atom is -0.361 e. The lowest BCUT2D eigenvalue weighted by Crippen LogP contribution is -2.21. The first-order valence-electron chi connectivity index (χ1n) is 6.32. The van der Waals surface area contributed by atoms with Gasteiger partial charge in [0.2, 0.25) is 11.9 Å². The van der Waals surface area contributed by atoms with E-state index in [1.165, 1.54) is 0 Å². The van der Waals surface area contributed by atoms with E-state index in [9.17, 15) is 4.79 Å². The molecule has 0 bridgehead atoms. The largest absolute Gasteiger partial charge is 0.361 e. The van der Waals surface area contributed by atoms with E-state index in [2.05, 4.69) is 15.3 Å². The topological polar surface area (TPSA) is 61.4 Å². The van der Waals surface area contributed by atoms with Gasteiger partial charge in [-0.1, -0.05) is 13.8 Å². The molecule has 0 aromatic carbocycles. The summed E-state index contributed by atoms with van der Waals surface area (Å²) in [6.45, 7) is 4.02. The van der Waals surface area contributed by atoms with Crippen molar-refractivity contribution in [3.05, 3.63) is 6.20 Å². The highest BCUT2D eigenvalue weighted by Crippen LogP contribution is 2.23. The van der Waals surface area contributed by atoms with E-state index in [4.69, 9.17) is 0 Å². The first-order valence-corrected chi connectivity index (χ1v) is 6.32. The van der Waals surface area contributed by atoms with Crippen LogP contribution in [-0.2, 0) is 4.79 Å². The number of rotatable bonds is 5. The molecule has 0 spiro atoms. The summed E-state index contributed by atoms with van der Waals surface area (Å²) >= 11 is 0. The van der Waals surface area contributed by atoms with E-state index in [1.807, 2.05) is 51.8 Å². The molecule has 6 heteroatoms. The lowest BCUT2D eigenvalue weighted by molar-refractivity contribution is -0.116. The second kappa shape index (κ2) is 6.36. The smallest absolute Gasteiger partial charge is 0.226 e. The third-order valence-corrected chi connectivity index (χ3v) is 2.45. The highest BCUT2D eigenvalue weighted by Gasteiger charge is 2.13. The van der Waals surface area contributed by atoms with Crippen LogP contribution in [0.5, 0.6) is 0 Å². The van der Waals surface area contributed by atoms with Gasteiger partial charge in [-0.2, -0.15) is 4.98 Å². The molecule has 1 rings (SSSR count). The summed E-state index contributed by atoms with van der Waals surface area (Å²) in [5.74, 6) is 1.63. The van der Waals surface area contributed by atoms with Gasteiger partial charge in [-0.3, -0.25) is 4.79 Å². The van der Waals surface area contributed by atoms with Crippen LogP contribution < -0.4 is 15.1 Å². The number of hydrogen-bond acceptors (Lipinski definition) is 5. The third-order valence-electron chi connectivity index (χ3n) is 2.45. The second-order valence-corrected chi connectivity index (χ2v) is 5.34. The van der Waals surface area contributed by atoms with Crippen LogP contribution in [0.3, 0.4) is 0 Å². The fraction of sp³-hybridized carbons (Fsp3) is 0.615. The molecule has 1 N–H and O–H groups in total. The van der Waals surface area contributed by atoms with Gasteiger partial charge in [0.25, 0.3) is 0 Å². The molecule has 6 nitrogen and oxygen atoms in total. The van der Waals surface area contributed by atoms with E-state index < -0.39 is 0 Å². The van der Waals surface area contributed by atoms with Gasteiger partial charge < -0.3 is 15.1 Å². The van der Waals surface area contributed by atoms with E-state index >= 15 is 0 Å². The van der Waals surface area contributed by atoms with Gasteiger partial charge in [0.15, 0.2) is 5.82 Å². The number of nitrogens with zero attached hydrogens (tertiary/aromatic N) is 4. The van der Waals surface area contributed by atoms with Crippen LogP contribution in [0, 0.1) is 5.92 Å². The van der Waals surface area contributed by atoms with E-state index in [0.29, 0.717) is 29.8 Å². The second-order valence-electron chi connectivity index (χ2n) is 5.34. The molecule has 1 aromatic rings. The van der Waals surface area contributed by atoms with Crippen LogP contribution in [0.25, 0.3) is 0 Å².